The van der Waals surface area contributed by atoms with E-state index in [4.69, 9.17) is 10.6 Å². The van der Waals surface area contributed by atoms with E-state index in [1.54, 1.807) is 0 Å². The molecule has 0 atom stereocenters. The molecule has 0 unspecified atom stereocenters. The Kier molecular flexibility index (Phi) is 5.27. The van der Waals surface area contributed by atoms with Gasteiger partial charge in [0.1, 0.15) is 0 Å². The SMILES string of the molecule is CCCOc1nc(NN)nc(SC(C)C)n1. The third kappa shape index (κ3) is 4.19. The van der Waals surface area contributed by atoms with E-state index in [0.717, 1.165) is 6.42 Å². The molecule has 0 saturated carbocycles. The number of nitrogen functional groups attached to an aromatic ring is 1. The second-order valence-electron chi connectivity index (χ2n) is 3.38. The Morgan fingerprint density at radius 1 is 1.38 bits per heavy atom. The third-order valence-electron chi connectivity index (χ3n) is 1.50. The number of hydrazine groups is 1. The minimum absolute atomic E-state index is 0.313. The van der Waals surface area contributed by atoms with Crippen molar-refractivity contribution >= 4 is 17.7 Å². The molecular formula is C9H17N5OS. The smallest absolute Gasteiger partial charge is 0.322 e. The number of hydrogen-bond acceptors (Lipinski definition) is 7. The Labute approximate surface area is 99.4 Å². The van der Waals surface area contributed by atoms with Crippen LogP contribution in [-0.4, -0.2) is 26.8 Å². The molecule has 0 spiro atoms. The summed E-state index contributed by atoms with van der Waals surface area (Å²) < 4.78 is 5.35. The highest BCUT2D eigenvalue weighted by Crippen LogP contribution is 2.21. The molecule has 6 nitrogen and oxygen atoms in total. The highest BCUT2D eigenvalue weighted by atomic mass is 32.2. The van der Waals surface area contributed by atoms with Crippen molar-refractivity contribution < 1.29 is 4.74 Å². The van der Waals surface area contributed by atoms with Crippen LogP contribution in [0.25, 0.3) is 0 Å². The second kappa shape index (κ2) is 6.49. The van der Waals surface area contributed by atoms with Gasteiger partial charge < -0.3 is 4.74 Å². The number of nitrogens with zero attached hydrogens (tertiary/aromatic N) is 3. The first-order chi connectivity index (χ1) is 7.65. The summed E-state index contributed by atoms with van der Waals surface area (Å²) in [6.45, 7) is 6.74. The molecular weight excluding hydrogens is 226 g/mol. The summed E-state index contributed by atoms with van der Waals surface area (Å²) in [6, 6.07) is 0.313. The second-order valence-corrected chi connectivity index (χ2v) is 4.93. The van der Waals surface area contributed by atoms with Gasteiger partial charge in [0.25, 0.3) is 0 Å². The number of nitrogens with one attached hydrogen (secondary N) is 1. The van der Waals surface area contributed by atoms with Gasteiger partial charge in [0.2, 0.25) is 5.95 Å². The molecule has 0 aromatic carbocycles. The van der Waals surface area contributed by atoms with Crippen LogP contribution in [0.4, 0.5) is 5.95 Å². The van der Waals surface area contributed by atoms with Gasteiger partial charge in [-0.15, -0.1) is 0 Å². The van der Waals surface area contributed by atoms with Gasteiger partial charge in [-0.2, -0.15) is 15.0 Å². The first-order valence-corrected chi connectivity index (χ1v) is 6.05. The van der Waals surface area contributed by atoms with Gasteiger partial charge in [0.15, 0.2) is 5.16 Å². The molecule has 1 aromatic heterocycles. The molecule has 7 heteroatoms. The highest BCUT2D eigenvalue weighted by Gasteiger charge is 2.08. The standard InChI is InChI=1S/C9H17N5OS/c1-4-5-15-8-11-7(14-10)12-9(13-8)16-6(2)3/h6H,4-5,10H2,1-3H3,(H,11,12,13,14). The maximum absolute atomic E-state index is 5.35. The topological polar surface area (TPSA) is 86.0 Å². The van der Waals surface area contributed by atoms with Gasteiger partial charge in [-0.1, -0.05) is 32.5 Å². The molecule has 0 aliphatic carbocycles. The van der Waals surface area contributed by atoms with Crippen LogP contribution >= 0.6 is 11.8 Å². The van der Waals surface area contributed by atoms with Crippen molar-refractivity contribution in [2.24, 2.45) is 5.84 Å². The first-order valence-electron chi connectivity index (χ1n) is 5.17. The predicted molar refractivity (Wildman–Crippen MR) is 64.4 cm³/mol. The molecule has 1 heterocycles. The first kappa shape index (κ1) is 13.0. The molecule has 1 aromatic rings. The van der Waals surface area contributed by atoms with E-state index >= 15 is 0 Å². The summed E-state index contributed by atoms with van der Waals surface area (Å²) in [6.07, 6.45) is 0.906. The largest absolute Gasteiger partial charge is 0.463 e. The molecule has 0 bridgehead atoms. The van der Waals surface area contributed by atoms with Gasteiger partial charge in [-0.3, -0.25) is 5.43 Å². The number of thioether (sulfide) groups is 1. The number of anilines is 1. The van der Waals surface area contributed by atoms with E-state index in [0.29, 0.717) is 29.0 Å². The van der Waals surface area contributed by atoms with Crippen molar-refractivity contribution in [2.45, 2.75) is 37.6 Å². The summed E-state index contributed by atoms with van der Waals surface area (Å²) in [4.78, 5) is 12.3. The molecule has 0 amide bonds. The molecule has 0 radical (unpaired) electrons. The average Bonchev–Trinajstić information content (AvgIpc) is 2.25. The van der Waals surface area contributed by atoms with E-state index in [1.165, 1.54) is 11.8 Å². The van der Waals surface area contributed by atoms with Crippen LogP contribution in [0.15, 0.2) is 5.16 Å². The molecule has 0 aliphatic heterocycles. The monoisotopic (exact) mass is 243 g/mol. The lowest BCUT2D eigenvalue weighted by atomic mass is 10.5. The minimum Gasteiger partial charge on any atom is -0.463 e. The number of nitrogens with two attached hydrogens (primary N) is 1. The summed E-state index contributed by atoms with van der Waals surface area (Å²) in [7, 11) is 0. The molecule has 16 heavy (non-hydrogen) atoms. The normalized spacial score (nSPS) is 10.6. The zero-order chi connectivity index (χ0) is 12.0. The Morgan fingerprint density at radius 3 is 2.69 bits per heavy atom. The lowest BCUT2D eigenvalue weighted by molar-refractivity contribution is 0.288. The van der Waals surface area contributed by atoms with Crippen LogP contribution in [0.1, 0.15) is 27.2 Å². The van der Waals surface area contributed by atoms with Crippen molar-refractivity contribution in [1.82, 2.24) is 15.0 Å². The lowest BCUT2D eigenvalue weighted by Crippen LogP contribution is -2.13. The Hall–Kier alpha value is -1.08. The molecule has 3 N–H and O–H groups in total. The minimum atomic E-state index is 0.313. The Morgan fingerprint density at radius 2 is 2.12 bits per heavy atom. The number of rotatable bonds is 6. The summed E-state index contributed by atoms with van der Waals surface area (Å²) in [5.74, 6) is 5.60. The van der Waals surface area contributed by atoms with Crippen LogP contribution < -0.4 is 16.0 Å². The van der Waals surface area contributed by atoms with Crippen LogP contribution in [0.5, 0.6) is 6.01 Å². The quantitative estimate of drug-likeness (QED) is 0.444. The Bertz CT molecular complexity index is 334. The van der Waals surface area contributed by atoms with E-state index in [1.807, 2.05) is 6.92 Å². The van der Waals surface area contributed by atoms with Gasteiger partial charge in [-0.05, 0) is 6.42 Å². The summed E-state index contributed by atoms with van der Waals surface area (Å²) in [5, 5.41) is 1.01. The maximum atomic E-state index is 5.35. The van der Waals surface area contributed by atoms with Gasteiger partial charge in [0.05, 0.1) is 6.61 Å². The van der Waals surface area contributed by atoms with Crippen molar-refractivity contribution in [3.63, 3.8) is 0 Å². The van der Waals surface area contributed by atoms with Crippen molar-refractivity contribution in [2.75, 3.05) is 12.0 Å². The molecule has 0 fully saturated rings. The van der Waals surface area contributed by atoms with Crippen molar-refractivity contribution in [3.05, 3.63) is 0 Å². The Balaban J connectivity index is 2.82. The number of ether oxygens (including phenoxy) is 1. The van der Waals surface area contributed by atoms with E-state index in [2.05, 4.69) is 34.2 Å². The zero-order valence-electron chi connectivity index (χ0n) is 9.73. The van der Waals surface area contributed by atoms with E-state index < -0.39 is 0 Å². The van der Waals surface area contributed by atoms with E-state index in [-0.39, 0.29) is 0 Å². The predicted octanol–water partition coefficient (Wildman–Crippen LogP) is 1.45. The van der Waals surface area contributed by atoms with Gasteiger partial charge in [0, 0.05) is 5.25 Å². The van der Waals surface area contributed by atoms with Crippen LogP contribution in [0, 0.1) is 0 Å². The summed E-state index contributed by atoms with van der Waals surface area (Å²) >= 11 is 1.54. The molecule has 0 saturated heterocycles. The summed E-state index contributed by atoms with van der Waals surface area (Å²) in [5.41, 5.74) is 2.40. The fraction of sp³-hybridized carbons (Fsp3) is 0.667. The third-order valence-corrected chi connectivity index (χ3v) is 2.36. The van der Waals surface area contributed by atoms with Gasteiger partial charge in [-0.25, -0.2) is 5.84 Å². The molecule has 0 aliphatic rings. The van der Waals surface area contributed by atoms with Crippen molar-refractivity contribution in [3.8, 4) is 6.01 Å². The fourth-order valence-electron chi connectivity index (χ4n) is 0.924. The number of hydrogen-bond donors (Lipinski definition) is 2. The fourth-order valence-corrected chi connectivity index (χ4v) is 1.62. The zero-order valence-corrected chi connectivity index (χ0v) is 10.5. The van der Waals surface area contributed by atoms with Crippen LogP contribution in [-0.2, 0) is 0 Å². The highest BCUT2D eigenvalue weighted by molar-refractivity contribution is 7.99. The van der Waals surface area contributed by atoms with Crippen molar-refractivity contribution in [1.29, 1.82) is 0 Å². The maximum Gasteiger partial charge on any atom is 0.322 e. The van der Waals surface area contributed by atoms with Crippen LogP contribution in [0.3, 0.4) is 0 Å². The van der Waals surface area contributed by atoms with Gasteiger partial charge >= 0.3 is 6.01 Å². The van der Waals surface area contributed by atoms with Crippen LogP contribution in [0.2, 0.25) is 0 Å². The van der Waals surface area contributed by atoms with E-state index in [9.17, 15) is 0 Å². The lowest BCUT2D eigenvalue weighted by Gasteiger charge is -2.08. The molecule has 1 rings (SSSR count). The average molecular weight is 243 g/mol. The molecule has 90 valence electrons. The number of aromatic nitrogens is 3.